The van der Waals surface area contributed by atoms with E-state index in [1.165, 1.54) is 0 Å². The van der Waals surface area contributed by atoms with Crippen LogP contribution < -0.4 is 15.4 Å². The van der Waals surface area contributed by atoms with Crippen molar-refractivity contribution in [2.75, 3.05) is 17.7 Å². The molecule has 0 aromatic heterocycles. The summed E-state index contributed by atoms with van der Waals surface area (Å²) in [5.41, 5.74) is 3.26. The lowest BCUT2D eigenvalue weighted by molar-refractivity contribution is -0.116. The van der Waals surface area contributed by atoms with Crippen LogP contribution in [0.2, 0.25) is 0 Å². The van der Waals surface area contributed by atoms with E-state index < -0.39 is 0 Å². The molecule has 2 amide bonds. The second-order valence-electron chi connectivity index (χ2n) is 6.59. The standard InChI is InChI=1S/C24H21N3O3/c1-30-22-5-3-2-4-21(22)27-24(29)19-11-13-20(14-12-19)26-23(28)15-10-17-6-8-18(16-25)9-7-17/h2-9,11-14H,10,15H2,1H3,(H,26,28)(H,27,29). The number of aryl methyl sites for hydroxylation is 1. The van der Waals surface area contributed by atoms with Crippen LogP contribution in [-0.2, 0) is 11.2 Å². The molecule has 0 aliphatic heterocycles. The summed E-state index contributed by atoms with van der Waals surface area (Å²) in [6.07, 6.45) is 0.902. The number of ether oxygens (including phenoxy) is 1. The van der Waals surface area contributed by atoms with Gasteiger partial charge in [0, 0.05) is 17.7 Å². The lowest BCUT2D eigenvalue weighted by atomic mass is 10.1. The highest BCUT2D eigenvalue weighted by Crippen LogP contribution is 2.24. The summed E-state index contributed by atoms with van der Waals surface area (Å²) >= 11 is 0. The van der Waals surface area contributed by atoms with Gasteiger partial charge in [-0.1, -0.05) is 24.3 Å². The van der Waals surface area contributed by atoms with Crippen molar-refractivity contribution in [2.45, 2.75) is 12.8 Å². The highest BCUT2D eigenvalue weighted by Gasteiger charge is 2.10. The maximum Gasteiger partial charge on any atom is 0.255 e. The molecule has 30 heavy (non-hydrogen) atoms. The first-order chi connectivity index (χ1) is 14.6. The second-order valence-corrected chi connectivity index (χ2v) is 6.59. The molecule has 0 aliphatic rings. The second kappa shape index (κ2) is 9.89. The van der Waals surface area contributed by atoms with Gasteiger partial charge in [-0.2, -0.15) is 5.26 Å². The van der Waals surface area contributed by atoms with Crippen LogP contribution in [-0.4, -0.2) is 18.9 Å². The van der Waals surface area contributed by atoms with Crippen LogP contribution in [0.25, 0.3) is 0 Å². The minimum atomic E-state index is -0.266. The summed E-state index contributed by atoms with van der Waals surface area (Å²) < 4.78 is 5.23. The summed E-state index contributed by atoms with van der Waals surface area (Å²) in [5.74, 6) is 0.195. The molecule has 0 aliphatic carbocycles. The minimum Gasteiger partial charge on any atom is -0.495 e. The summed E-state index contributed by atoms with van der Waals surface area (Å²) in [6.45, 7) is 0. The van der Waals surface area contributed by atoms with E-state index in [2.05, 4.69) is 16.7 Å². The molecule has 0 spiro atoms. The van der Waals surface area contributed by atoms with Gasteiger partial charge in [0.15, 0.2) is 0 Å². The number of hydrogen-bond donors (Lipinski definition) is 2. The average molecular weight is 399 g/mol. The minimum absolute atomic E-state index is 0.120. The molecule has 150 valence electrons. The van der Waals surface area contributed by atoms with Crippen LogP contribution in [0.5, 0.6) is 5.75 Å². The van der Waals surface area contributed by atoms with Crippen molar-refractivity contribution >= 4 is 23.2 Å². The fourth-order valence-corrected chi connectivity index (χ4v) is 2.87. The fourth-order valence-electron chi connectivity index (χ4n) is 2.87. The molecule has 3 aromatic rings. The molecule has 0 bridgehead atoms. The Morgan fingerprint density at radius 2 is 1.63 bits per heavy atom. The number of rotatable bonds is 7. The van der Waals surface area contributed by atoms with E-state index in [1.807, 2.05) is 24.3 Å². The smallest absolute Gasteiger partial charge is 0.255 e. The molecule has 0 fully saturated rings. The van der Waals surface area contributed by atoms with E-state index >= 15 is 0 Å². The highest BCUT2D eigenvalue weighted by molar-refractivity contribution is 6.05. The third kappa shape index (κ3) is 5.46. The first-order valence-corrected chi connectivity index (χ1v) is 9.42. The first kappa shape index (κ1) is 20.6. The Morgan fingerprint density at radius 3 is 2.30 bits per heavy atom. The van der Waals surface area contributed by atoms with Gasteiger partial charge in [-0.05, 0) is 60.5 Å². The summed E-state index contributed by atoms with van der Waals surface area (Å²) in [4.78, 5) is 24.6. The topological polar surface area (TPSA) is 91.2 Å². The third-order valence-electron chi connectivity index (χ3n) is 4.51. The van der Waals surface area contributed by atoms with Crippen LogP contribution in [0.3, 0.4) is 0 Å². The number of nitrogens with one attached hydrogen (secondary N) is 2. The number of nitriles is 1. The number of methoxy groups -OCH3 is 1. The van der Waals surface area contributed by atoms with E-state index in [4.69, 9.17) is 10.00 Å². The number of amides is 2. The van der Waals surface area contributed by atoms with Crippen LogP contribution in [0.15, 0.2) is 72.8 Å². The van der Waals surface area contributed by atoms with Gasteiger partial charge in [-0.3, -0.25) is 9.59 Å². The number of para-hydroxylation sites is 2. The summed E-state index contributed by atoms with van der Waals surface area (Å²) in [7, 11) is 1.55. The Hall–Kier alpha value is -4.11. The predicted octanol–water partition coefficient (Wildman–Crippen LogP) is 4.39. The van der Waals surface area contributed by atoms with Crippen molar-refractivity contribution in [3.05, 3.63) is 89.5 Å². The van der Waals surface area contributed by atoms with Gasteiger partial charge >= 0.3 is 0 Å². The van der Waals surface area contributed by atoms with E-state index in [0.717, 1.165) is 5.56 Å². The number of anilines is 2. The molecule has 0 unspecified atom stereocenters. The SMILES string of the molecule is COc1ccccc1NC(=O)c1ccc(NC(=O)CCc2ccc(C#N)cc2)cc1. The predicted molar refractivity (Wildman–Crippen MR) is 115 cm³/mol. The molecule has 0 saturated carbocycles. The number of carbonyl (C=O) groups excluding carboxylic acids is 2. The molecule has 0 radical (unpaired) electrons. The Bertz CT molecular complexity index is 1070. The molecule has 0 heterocycles. The van der Waals surface area contributed by atoms with E-state index in [0.29, 0.717) is 41.1 Å². The van der Waals surface area contributed by atoms with Crippen molar-refractivity contribution in [1.82, 2.24) is 0 Å². The lowest BCUT2D eigenvalue weighted by Gasteiger charge is -2.10. The number of carbonyl (C=O) groups is 2. The van der Waals surface area contributed by atoms with Crippen molar-refractivity contribution in [1.29, 1.82) is 5.26 Å². The molecule has 0 saturated heterocycles. The maximum absolute atomic E-state index is 12.4. The van der Waals surface area contributed by atoms with E-state index in [-0.39, 0.29) is 11.8 Å². The molecule has 6 nitrogen and oxygen atoms in total. The normalized spacial score (nSPS) is 10.0. The quantitative estimate of drug-likeness (QED) is 0.616. The largest absolute Gasteiger partial charge is 0.495 e. The molecule has 3 rings (SSSR count). The van der Waals surface area contributed by atoms with E-state index in [1.54, 1.807) is 55.6 Å². The number of hydrogen-bond acceptors (Lipinski definition) is 4. The molecule has 0 atom stereocenters. The van der Waals surface area contributed by atoms with Gasteiger partial charge < -0.3 is 15.4 Å². The average Bonchev–Trinajstić information content (AvgIpc) is 2.79. The zero-order valence-corrected chi connectivity index (χ0v) is 16.5. The number of nitrogens with zero attached hydrogens (tertiary/aromatic N) is 1. The highest BCUT2D eigenvalue weighted by atomic mass is 16.5. The zero-order chi connectivity index (χ0) is 21.3. The van der Waals surface area contributed by atoms with E-state index in [9.17, 15) is 9.59 Å². The molecular weight excluding hydrogens is 378 g/mol. The summed E-state index contributed by atoms with van der Waals surface area (Å²) in [5, 5.41) is 14.5. The Labute approximate surface area is 175 Å². The molecule has 2 N–H and O–H groups in total. The third-order valence-corrected chi connectivity index (χ3v) is 4.51. The fraction of sp³-hybridized carbons (Fsp3) is 0.125. The van der Waals surface area contributed by atoms with Crippen molar-refractivity contribution in [3.63, 3.8) is 0 Å². The lowest BCUT2D eigenvalue weighted by Crippen LogP contribution is -2.14. The van der Waals surface area contributed by atoms with Crippen molar-refractivity contribution < 1.29 is 14.3 Å². The van der Waals surface area contributed by atoms with Gasteiger partial charge in [0.25, 0.3) is 5.91 Å². The van der Waals surface area contributed by atoms with Gasteiger partial charge in [-0.25, -0.2) is 0 Å². The van der Waals surface area contributed by atoms with Crippen LogP contribution in [0.4, 0.5) is 11.4 Å². The van der Waals surface area contributed by atoms with Gasteiger partial charge in [0.2, 0.25) is 5.91 Å². The Morgan fingerprint density at radius 1 is 0.933 bits per heavy atom. The van der Waals surface area contributed by atoms with Crippen molar-refractivity contribution in [2.24, 2.45) is 0 Å². The monoisotopic (exact) mass is 399 g/mol. The first-order valence-electron chi connectivity index (χ1n) is 9.42. The van der Waals surface area contributed by atoms with Gasteiger partial charge in [0.05, 0.1) is 24.4 Å². The van der Waals surface area contributed by atoms with Gasteiger partial charge in [0.1, 0.15) is 5.75 Å². The van der Waals surface area contributed by atoms with Crippen LogP contribution in [0, 0.1) is 11.3 Å². The van der Waals surface area contributed by atoms with Crippen molar-refractivity contribution in [3.8, 4) is 11.8 Å². The molecular formula is C24H21N3O3. The maximum atomic E-state index is 12.4. The van der Waals surface area contributed by atoms with Crippen LogP contribution in [0.1, 0.15) is 27.9 Å². The van der Waals surface area contributed by atoms with Gasteiger partial charge in [-0.15, -0.1) is 0 Å². The Balaban J connectivity index is 1.53. The Kier molecular flexibility index (Phi) is 6.80. The number of benzene rings is 3. The summed E-state index contributed by atoms with van der Waals surface area (Å²) in [6, 6.07) is 23.1. The molecule has 3 aromatic carbocycles. The van der Waals surface area contributed by atoms with Crippen LogP contribution >= 0.6 is 0 Å². The molecule has 6 heteroatoms. The zero-order valence-electron chi connectivity index (χ0n) is 16.5.